The molecule has 0 saturated heterocycles. The van der Waals surface area contributed by atoms with Gasteiger partial charge < -0.3 is 10.4 Å². The number of nitrogens with one attached hydrogen (secondary N) is 1. The van der Waals surface area contributed by atoms with Gasteiger partial charge in [0.25, 0.3) is 5.91 Å². The molecule has 0 radical (unpaired) electrons. The number of carboxylic acids is 1. The molecule has 1 aliphatic carbocycles. The number of hydrogen-bond donors (Lipinski definition) is 2. The molecule has 3 aromatic carbocycles. The third-order valence-electron chi connectivity index (χ3n) is 6.40. The minimum Gasteiger partial charge on any atom is -0.481 e. The molecular formula is C28H22Cl3N3O3. The predicted molar refractivity (Wildman–Crippen MR) is 146 cm³/mol. The Balaban J connectivity index is 1.51. The zero-order chi connectivity index (χ0) is 26.1. The Morgan fingerprint density at radius 3 is 2.35 bits per heavy atom. The lowest BCUT2D eigenvalue weighted by Crippen LogP contribution is -2.26. The van der Waals surface area contributed by atoms with Crippen molar-refractivity contribution in [2.24, 2.45) is 0 Å². The van der Waals surface area contributed by atoms with Gasteiger partial charge in [0.2, 0.25) is 0 Å². The molecule has 188 valence electrons. The Kier molecular flexibility index (Phi) is 7.24. The molecule has 1 atom stereocenters. The number of benzene rings is 3. The Hall–Kier alpha value is -3.32. The highest BCUT2D eigenvalue weighted by Crippen LogP contribution is 2.39. The number of carbonyl (C=O) groups is 2. The zero-order valence-corrected chi connectivity index (χ0v) is 21.8. The van der Waals surface area contributed by atoms with Crippen LogP contribution in [0, 0.1) is 0 Å². The fourth-order valence-corrected chi connectivity index (χ4v) is 5.34. The number of aryl methyl sites for hydroxylation is 1. The topological polar surface area (TPSA) is 84.2 Å². The van der Waals surface area contributed by atoms with Gasteiger partial charge in [0.1, 0.15) is 0 Å². The van der Waals surface area contributed by atoms with Crippen LogP contribution in [0.25, 0.3) is 22.5 Å². The number of carbonyl (C=O) groups excluding carboxylic acids is 1. The van der Waals surface area contributed by atoms with E-state index in [0.717, 1.165) is 46.5 Å². The van der Waals surface area contributed by atoms with Crippen molar-refractivity contribution in [3.05, 3.63) is 98.5 Å². The third-order valence-corrected chi connectivity index (χ3v) is 7.09. The first-order chi connectivity index (χ1) is 17.8. The van der Waals surface area contributed by atoms with Crippen molar-refractivity contribution in [1.82, 2.24) is 15.1 Å². The summed E-state index contributed by atoms with van der Waals surface area (Å²) in [7, 11) is 0. The largest absolute Gasteiger partial charge is 0.481 e. The molecular weight excluding hydrogens is 533 g/mol. The van der Waals surface area contributed by atoms with Crippen LogP contribution in [0.2, 0.25) is 15.1 Å². The van der Waals surface area contributed by atoms with E-state index < -0.39 is 5.97 Å². The van der Waals surface area contributed by atoms with E-state index in [9.17, 15) is 9.59 Å². The van der Waals surface area contributed by atoms with Crippen molar-refractivity contribution in [2.45, 2.75) is 25.3 Å². The smallest absolute Gasteiger partial charge is 0.305 e. The van der Waals surface area contributed by atoms with Crippen LogP contribution >= 0.6 is 34.8 Å². The molecule has 1 aromatic heterocycles. The number of amides is 1. The number of hydrogen-bond acceptors (Lipinski definition) is 3. The third kappa shape index (κ3) is 5.52. The van der Waals surface area contributed by atoms with E-state index in [-0.39, 0.29) is 24.9 Å². The maximum Gasteiger partial charge on any atom is 0.305 e. The average Bonchev–Trinajstić information content (AvgIpc) is 3.47. The number of carboxylic acid groups (broad SMARTS) is 1. The normalized spacial score (nSPS) is 14.4. The molecule has 1 unspecified atom stereocenters. The van der Waals surface area contributed by atoms with Gasteiger partial charge in [-0.3, -0.25) is 14.3 Å². The Labute approximate surface area is 228 Å². The van der Waals surface area contributed by atoms with Crippen LogP contribution in [0.1, 0.15) is 40.4 Å². The molecule has 37 heavy (non-hydrogen) atoms. The Morgan fingerprint density at radius 1 is 0.919 bits per heavy atom. The van der Waals surface area contributed by atoms with Crippen molar-refractivity contribution < 1.29 is 14.7 Å². The first-order valence-electron chi connectivity index (χ1n) is 11.7. The molecule has 1 amide bonds. The van der Waals surface area contributed by atoms with E-state index in [1.165, 1.54) is 0 Å². The fraction of sp³-hybridized carbons (Fsp3) is 0.179. The summed E-state index contributed by atoms with van der Waals surface area (Å²) < 4.78 is 2.02. The lowest BCUT2D eigenvalue weighted by molar-refractivity contribution is -0.136. The number of aliphatic carboxylic acids is 1. The molecule has 2 N–H and O–H groups in total. The molecule has 5 rings (SSSR count). The summed E-state index contributed by atoms with van der Waals surface area (Å²) in [6.45, 7) is 0.0852. The molecule has 0 aliphatic heterocycles. The quantitative estimate of drug-likeness (QED) is 0.260. The Bertz CT molecular complexity index is 1480. The van der Waals surface area contributed by atoms with Crippen LogP contribution in [-0.2, 0) is 11.2 Å². The molecule has 4 aromatic rings. The predicted octanol–water partition coefficient (Wildman–Crippen LogP) is 6.92. The molecule has 0 bridgehead atoms. The van der Waals surface area contributed by atoms with E-state index in [4.69, 9.17) is 45.0 Å². The number of rotatable bonds is 7. The molecule has 1 aliphatic rings. The molecule has 1 heterocycles. The van der Waals surface area contributed by atoms with Gasteiger partial charge >= 0.3 is 5.97 Å². The van der Waals surface area contributed by atoms with Gasteiger partial charge in [-0.05, 0) is 78.1 Å². The summed E-state index contributed by atoms with van der Waals surface area (Å²) in [6, 6.07) is 20.6. The summed E-state index contributed by atoms with van der Waals surface area (Å²) in [6.07, 6.45) is 1.48. The highest BCUT2D eigenvalue weighted by atomic mass is 35.5. The highest BCUT2D eigenvalue weighted by molar-refractivity contribution is 6.35. The van der Waals surface area contributed by atoms with Crippen molar-refractivity contribution >= 4 is 46.7 Å². The standard InChI is InChI=1S/C28H22Cl3N3O3/c29-20-5-1-16(2-6-20)26-15-24(19-12-21(30)14-22(31)13-19)33-34(26)25-8-4-17-11-18(3-7-23(17)25)28(37)32-10-9-27(35)36/h1-3,5-7,11-15,25H,4,8-10H2,(H,32,37)(H,35,36). The van der Waals surface area contributed by atoms with Crippen LogP contribution in [0.5, 0.6) is 0 Å². The first kappa shape index (κ1) is 25.3. The molecule has 6 nitrogen and oxygen atoms in total. The summed E-state index contributed by atoms with van der Waals surface area (Å²) in [4.78, 5) is 23.2. The van der Waals surface area contributed by atoms with Gasteiger partial charge in [-0.2, -0.15) is 5.10 Å². The maximum atomic E-state index is 12.5. The summed E-state index contributed by atoms with van der Waals surface area (Å²) in [5.74, 6) is -1.24. The second-order valence-corrected chi connectivity index (χ2v) is 10.2. The number of halogens is 3. The van der Waals surface area contributed by atoms with Gasteiger partial charge in [0, 0.05) is 32.7 Å². The summed E-state index contributed by atoms with van der Waals surface area (Å²) in [5.41, 5.74) is 6.14. The van der Waals surface area contributed by atoms with Crippen molar-refractivity contribution in [2.75, 3.05) is 6.54 Å². The first-order valence-corrected chi connectivity index (χ1v) is 12.9. The monoisotopic (exact) mass is 553 g/mol. The van der Waals surface area contributed by atoms with E-state index in [1.807, 2.05) is 59.3 Å². The van der Waals surface area contributed by atoms with Crippen LogP contribution < -0.4 is 5.32 Å². The van der Waals surface area contributed by atoms with Crippen LogP contribution in [0.4, 0.5) is 0 Å². The molecule has 0 saturated carbocycles. The van der Waals surface area contributed by atoms with E-state index in [2.05, 4.69) is 5.32 Å². The summed E-state index contributed by atoms with van der Waals surface area (Å²) in [5, 5.41) is 18.2. The zero-order valence-electron chi connectivity index (χ0n) is 19.5. The Morgan fingerprint density at radius 2 is 1.65 bits per heavy atom. The van der Waals surface area contributed by atoms with Crippen molar-refractivity contribution in [3.8, 4) is 22.5 Å². The number of aromatic nitrogens is 2. The van der Waals surface area contributed by atoms with Crippen LogP contribution in [-0.4, -0.2) is 33.3 Å². The molecule has 9 heteroatoms. The van der Waals surface area contributed by atoms with Gasteiger partial charge in [-0.25, -0.2) is 0 Å². The van der Waals surface area contributed by atoms with Gasteiger partial charge in [-0.15, -0.1) is 0 Å². The maximum absolute atomic E-state index is 12.5. The lowest BCUT2D eigenvalue weighted by atomic mass is 10.0. The van der Waals surface area contributed by atoms with Gasteiger partial charge in [0.05, 0.1) is 23.9 Å². The van der Waals surface area contributed by atoms with Crippen LogP contribution in [0.3, 0.4) is 0 Å². The van der Waals surface area contributed by atoms with E-state index in [1.54, 1.807) is 12.1 Å². The van der Waals surface area contributed by atoms with Crippen LogP contribution in [0.15, 0.2) is 66.7 Å². The number of fused-ring (bicyclic) bond motifs is 1. The van der Waals surface area contributed by atoms with E-state index in [0.29, 0.717) is 20.6 Å². The second kappa shape index (κ2) is 10.6. The second-order valence-electron chi connectivity index (χ2n) is 8.89. The van der Waals surface area contributed by atoms with E-state index >= 15 is 0 Å². The minimum atomic E-state index is -0.952. The average molecular weight is 555 g/mol. The molecule has 0 fully saturated rings. The number of nitrogens with zero attached hydrogens (tertiary/aromatic N) is 2. The van der Waals surface area contributed by atoms with Crippen molar-refractivity contribution in [3.63, 3.8) is 0 Å². The molecule has 0 spiro atoms. The lowest BCUT2D eigenvalue weighted by Gasteiger charge is -2.17. The summed E-state index contributed by atoms with van der Waals surface area (Å²) >= 11 is 18.7. The van der Waals surface area contributed by atoms with Crippen molar-refractivity contribution in [1.29, 1.82) is 0 Å². The highest BCUT2D eigenvalue weighted by Gasteiger charge is 2.28. The fourth-order valence-electron chi connectivity index (χ4n) is 4.69. The minimum absolute atomic E-state index is 0.0341. The van der Waals surface area contributed by atoms with Gasteiger partial charge in [-0.1, -0.05) is 53.0 Å². The van der Waals surface area contributed by atoms with Gasteiger partial charge in [0.15, 0.2) is 0 Å². The SMILES string of the molecule is O=C(O)CCNC(=O)c1ccc2c(c1)CCC2n1nc(-c2cc(Cl)cc(Cl)c2)cc1-c1ccc(Cl)cc1.